The summed E-state index contributed by atoms with van der Waals surface area (Å²) in [4.78, 5) is 3.07. The molecule has 2 heterocycles. The van der Waals surface area contributed by atoms with Gasteiger partial charge in [-0.2, -0.15) is 12.7 Å². The number of aromatic amines is 1. The number of piperidine rings is 1. The van der Waals surface area contributed by atoms with Gasteiger partial charge in [-0.1, -0.05) is 0 Å². The molecule has 0 atom stereocenters. The molecule has 0 bridgehead atoms. The Morgan fingerprint density at radius 3 is 2.65 bits per heavy atom. The van der Waals surface area contributed by atoms with E-state index in [1.165, 1.54) is 16.4 Å². The van der Waals surface area contributed by atoms with Crippen molar-refractivity contribution in [2.75, 3.05) is 13.1 Å². The van der Waals surface area contributed by atoms with E-state index in [0.717, 1.165) is 29.3 Å². The Morgan fingerprint density at radius 1 is 1.30 bits per heavy atom. The average Bonchev–Trinajstić information content (AvgIpc) is 2.80. The van der Waals surface area contributed by atoms with Crippen LogP contribution < -0.4 is 5.14 Å². The molecule has 1 aliphatic heterocycles. The zero-order valence-corrected chi connectivity index (χ0v) is 11.7. The molecule has 5 nitrogen and oxygen atoms in total. The molecular weight excluding hydrogens is 281 g/mol. The Hall–Kier alpha value is -1.44. The zero-order valence-electron chi connectivity index (χ0n) is 10.8. The summed E-state index contributed by atoms with van der Waals surface area (Å²) in [5.74, 6) is 0.00200. The SMILES string of the molecule is NS(=O)(=O)N1CCC(c2c[nH]c3cc(F)ccc23)CC1. The minimum Gasteiger partial charge on any atom is -0.361 e. The first-order valence-corrected chi connectivity index (χ1v) is 8.00. The number of benzene rings is 1. The van der Waals surface area contributed by atoms with Gasteiger partial charge in [-0.25, -0.2) is 9.53 Å². The summed E-state index contributed by atoms with van der Waals surface area (Å²) in [5, 5.41) is 6.13. The number of rotatable bonds is 2. The monoisotopic (exact) mass is 297 g/mol. The second-order valence-corrected chi connectivity index (χ2v) is 6.70. The second-order valence-electron chi connectivity index (χ2n) is 5.15. The van der Waals surface area contributed by atoms with Crippen molar-refractivity contribution in [3.8, 4) is 0 Å². The molecule has 108 valence electrons. The van der Waals surface area contributed by atoms with Gasteiger partial charge in [-0.15, -0.1) is 0 Å². The number of halogens is 1. The van der Waals surface area contributed by atoms with Gasteiger partial charge in [0.15, 0.2) is 0 Å². The van der Waals surface area contributed by atoms with E-state index in [9.17, 15) is 12.8 Å². The third-order valence-corrected chi connectivity index (χ3v) is 5.01. The molecule has 0 aliphatic carbocycles. The van der Waals surface area contributed by atoms with Crippen molar-refractivity contribution in [1.82, 2.24) is 9.29 Å². The third-order valence-electron chi connectivity index (χ3n) is 3.93. The Kier molecular flexibility index (Phi) is 3.27. The number of fused-ring (bicyclic) bond motifs is 1. The number of nitrogens with one attached hydrogen (secondary N) is 1. The molecule has 1 fully saturated rings. The Morgan fingerprint density at radius 2 is 2.00 bits per heavy atom. The fraction of sp³-hybridized carbons (Fsp3) is 0.385. The molecule has 0 spiro atoms. The van der Waals surface area contributed by atoms with E-state index in [4.69, 9.17) is 5.14 Å². The molecule has 1 saturated heterocycles. The minimum absolute atomic E-state index is 0.269. The van der Waals surface area contributed by atoms with Crippen molar-refractivity contribution >= 4 is 21.1 Å². The minimum atomic E-state index is -3.59. The number of hydrogen-bond donors (Lipinski definition) is 2. The van der Waals surface area contributed by atoms with E-state index in [1.807, 2.05) is 6.20 Å². The molecule has 0 radical (unpaired) electrons. The maximum Gasteiger partial charge on any atom is 0.276 e. The molecule has 0 saturated carbocycles. The predicted octanol–water partition coefficient (Wildman–Crippen LogP) is 1.69. The third kappa shape index (κ3) is 2.44. The van der Waals surface area contributed by atoms with Gasteiger partial charge in [0.25, 0.3) is 10.2 Å². The predicted molar refractivity (Wildman–Crippen MR) is 74.9 cm³/mol. The molecule has 3 rings (SSSR count). The molecule has 0 amide bonds. The van der Waals surface area contributed by atoms with Crippen LogP contribution in [0.15, 0.2) is 24.4 Å². The van der Waals surface area contributed by atoms with Crippen LogP contribution in [0.5, 0.6) is 0 Å². The molecule has 1 aliphatic rings. The number of nitrogens with two attached hydrogens (primary N) is 1. The van der Waals surface area contributed by atoms with Crippen LogP contribution in [0.3, 0.4) is 0 Å². The topological polar surface area (TPSA) is 79.2 Å². The van der Waals surface area contributed by atoms with Gasteiger partial charge in [0.2, 0.25) is 0 Å². The molecule has 20 heavy (non-hydrogen) atoms. The van der Waals surface area contributed by atoms with E-state index >= 15 is 0 Å². The average molecular weight is 297 g/mol. The van der Waals surface area contributed by atoms with Crippen LogP contribution in [0.4, 0.5) is 4.39 Å². The van der Waals surface area contributed by atoms with Crippen LogP contribution in [-0.2, 0) is 10.2 Å². The quantitative estimate of drug-likeness (QED) is 0.884. The smallest absolute Gasteiger partial charge is 0.276 e. The Bertz CT molecular complexity index is 733. The Labute approximate surface area is 116 Å². The second kappa shape index (κ2) is 4.83. The van der Waals surface area contributed by atoms with E-state index in [-0.39, 0.29) is 11.7 Å². The Balaban J connectivity index is 1.84. The molecular formula is C13H16FN3O2S. The number of nitrogens with zero attached hydrogens (tertiary/aromatic N) is 1. The summed E-state index contributed by atoms with van der Waals surface area (Å²) in [6.07, 6.45) is 3.34. The lowest BCUT2D eigenvalue weighted by Crippen LogP contribution is -2.41. The molecule has 3 N–H and O–H groups in total. The van der Waals surface area contributed by atoms with Crippen LogP contribution in [-0.4, -0.2) is 30.8 Å². The highest BCUT2D eigenvalue weighted by Crippen LogP contribution is 2.33. The van der Waals surface area contributed by atoms with E-state index in [0.29, 0.717) is 13.1 Å². The normalized spacial score (nSPS) is 18.7. The van der Waals surface area contributed by atoms with Crippen molar-refractivity contribution in [2.45, 2.75) is 18.8 Å². The van der Waals surface area contributed by atoms with E-state index in [1.54, 1.807) is 6.07 Å². The van der Waals surface area contributed by atoms with Crippen molar-refractivity contribution in [3.05, 3.63) is 35.8 Å². The largest absolute Gasteiger partial charge is 0.361 e. The number of H-pyrrole nitrogens is 1. The van der Waals surface area contributed by atoms with Gasteiger partial charge in [0.05, 0.1) is 0 Å². The maximum atomic E-state index is 13.2. The highest BCUT2D eigenvalue weighted by molar-refractivity contribution is 7.86. The molecule has 0 unspecified atom stereocenters. The van der Waals surface area contributed by atoms with Crippen LogP contribution in [0.1, 0.15) is 24.3 Å². The van der Waals surface area contributed by atoms with Gasteiger partial charge < -0.3 is 4.98 Å². The molecule has 1 aromatic carbocycles. The lowest BCUT2D eigenvalue weighted by Gasteiger charge is -2.29. The lowest BCUT2D eigenvalue weighted by molar-refractivity contribution is 0.320. The summed E-state index contributed by atoms with van der Waals surface area (Å²) < 4.78 is 37.0. The number of hydrogen-bond acceptors (Lipinski definition) is 2. The molecule has 7 heteroatoms. The van der Waals surface area contributed by atoms with Crippen molar-refractivity contribution in [3.63, 3.8) is 0 Å². The first kappa shape index (κ1) is 13.5. The van der Waals surface area contributed by atoms with E-state index < -0.39 is 10.2 Å². The molecule has 2 aromatic rings. The summed E-state index contributed by atoms with van der Waals surface area (Å²) in [6, 6.07) is 4.68. The van der Waals surface area contributed by atoms with Gasteiger partial charge in [-0.3, -0.25) is 0 Å². The fourth-order valence-corrected chi connectivity index (χ4v) is 3.60. The number of aromatic nitrogens is 1. The van der Waals surface area contributed by atoms with Crippen LogP contribution in [0.2, 0.25) is 0 Å². The standard InChI is InChI=1S/C13H16FN3O2S/c14-10-1-2-11-12(8-16-13(11)7-10)9-3-5-17(6-4-9)20(15,18)19/h1-2,7-9,16H,3-6H2,(H2,15,18,19). The lowest BCUT2D eigenvalue weighted by atomic mass is 9.90. The highest BCUT2D eigenvalue weighted by atomic mass is 32.2. The van der Waals surface area contributed by atoms with E-state index in [2.05, 4.69) is 4.98 Å². The van der Waals surface area contributed by atoms with Crippen LogP contribution >= 0.6 is 0 Å². The van der Waals surface area contributed by atoms with Gasteiger partial charge in [0, 0.05) is 30.2 Å². The maximum absolute atomic E-state index is 13.2. The summed E-state index contributed by atoms with van der Waals surface area (Å²) in [7, 11) is -3.59. The first-order valence-electron chi connectivity index (χ1n) is 6.49. The van der Waals surface area contributed by atoms with Crippen LogP contribution in [0.25, 0.3) is 10.9 Å². The summed E-state index contributed by atoms with van der Waals surface area (Å²) in [5.41, 5.74) is 1.89. The van der Waals surface area contributed by atoms with Crippen molar-refractivity contribution in [1.29, 1.82) is 0 Å². The van der Waals surface area contributed by atoms with Gasteiger partial charge >= 0.3 is 0 Å². The van der Waals surface area contributed by atoms with Gasteiger partial charge in [0.1, 0.15) is 5.82 Å². The first-order chi connectivity index (χ1) is 9.45. The fourth-order valence-electron chi connectivity index (χ4n) is 2.88. The van der Waals surface area contributed by atoms with Crippen LogP contribution in [0, 0.1) is 5.82 Å². The highest BCUT2D eigenvalue weighted by Gasteiger charge is 2.27. The zero-order chi connectivity index (χ0) is 14.3. The summed E-state index contributed by atoms with van der Waals surface area (Å²) >= 11 is 0. The molecule has 1 aromatic heterocycles. The van der Waals surface area contributed by atoms with Gasteiger partial charge in [-0.05, 0) is 42.5 Å². The summed E-state index contributed by atoms with van der Waals surface area (Å²) in [6.45, 7) is 0.856. The van der Waals surface area contributed by atoms with Crippen molar-refractivity contribution in [2.24, 2.45) is 5.14 Å². The van der Waals surface area contributed by atoms with Crippen molar-refractivity contribution < 1.29 is 12.8 Å².